The van der Waals surface area contributed by atoms with E-state index in [9.17, 15) is 0 Å². The average molecular weight is 254 g/mol. The maximum absolute atomic E-state index is 5.57. The van der Waals surface area contributed by atoms with Crippen LogP contribution in [0.25, 0.3) is 0 Å². The van der Waals surface area contributed by atoms with E-state index < -0.39 is 0 Å². The predicted molar refractivity (Wildman–Crippen MR) is 81.3 cm³/mol. The zero-order chi connectivity index (χ0) is 13.6. The van der Waals surface area contributed by atoms with Gasteiger partial charge in [-0.3, -0.25) is 0 Å². The second kappa shape index (κ2) is 6.50. The lowest BCUT2D eigenvalue weighted by Crippen LogP contribution is -2.38. The third-order valence-electron chi connectivity index (χ3n) is 3.62. The molecule has 0 spiro atoms. The van der Waals surface area contributed by atoms with Crippen molar-refractivity contribution in [3.8, 4) is 0 Å². The van der Waals surface area contributed by atoms with E-state index in [2.05, 4.69) is 72.9 Å². The molecule has 0 saturated carbocycles. The number of nitrogens with two attached hydrogens (primary N) is 1. The van der Waals surface area contributed by atoms with E-state index in [0.29, 0.717) is 6.54 Å². The second-order valence-corrected chi connectivity index (χ2v) is 5.03. The highest BCUT2D eigenvalue weighted by Crippen LogP contribution is 2.31. The van der Waals surface area contributed by atoms with Gasteiger partial charge in [0, 0.05) is 25.0 Å². The summed E-state index contributed by atoms with van der Waals surface area (Å²) >= 11 is 0. The summed E-state index contributed by atoms with van der Waals surface area (Å²) in [5.41, 5.74) is 8.19. The van der Waals surface area contributed by atoms with Crippen LogP contribution in [0, 0.1) is 0 Å². The molecule has 3 N–H and O–H groups in total. The first-order valence-electron chi connectivity index (χ1n) is 6.79. The number of hydrogen-bond donors (Lipinski definition) is 2. The van der Waals surface area contributed by atoms with Crippen molar-refractivity contribution in [3.05, 3.63) is 71.8 Å². The molecule has 0 aliphatic heterocycles. The van der Waals surface area contributed by atoms with E-state index in [1.54, 1.807) is 0 Å². The summed E-state index contributed by atoms with van der Waals surface area (Å²) in [5, 5.41) is 3.45. The molecule has 0 aliphatic carbocycles. The molecular formula is C17H22N2. The summed E-state index contributed by atoms with van der Waals surface area (Å²) < 4.78 is 0. The molecule has 0 saturated heterocycles. The number of benzene rings is 2. The molecule has 0 heterocycles. The van der Waals surface area contributed by atoms with Crippen molar-refractivity contribution in [1.82, 2.24) is 5.32 Å². The van der Waals surface area contributed by atoms with E-state index in [4.69, 9.17) is 5.73 Å². The van der Waals surface area contributed by atoms with Crippen LogP contribution in [0.2, 0.25) is 0 Å². The second-order valence-electron chi connectivity index (χ2n) is 5.03. The van der Waals surface area contributed by atoms with Crippen LogP contribution in [0.4, 0.5) is 0 Å². The van der Waals surface area contributed by atoms with Gasteiger partial charge in [-0.25, -0.2) is 0 Å². The smallest absolute Gasteiger partial charge is 0.0299 e. The molecule has 2 nitrogen and oxygen atoms in total. The zero-order valence-corrected chi connectivity index (χ0v) is 11.5. The highest BCUT2D eigenvalue weighted by atomic mass is 14.9. The van der Waals surface area contributed by atoms with Crippen LogP contribution < -0.4 is 11.1 Å². The van der Waals surface area contributed by atoms with Gasteiger partial charge in [-0.15, -0.1) is 0 Å². The van der Waals surface area contributed by atoms with E-state index in [0.717, 1.165) is 13.1 Å². The standard InChI is InChI=1S/C17H22N2/c1-17(14-19-13-12-18,15-8-4-2-5-9-15)16-10-6-3-7-11-16/h2-11,19H,12-14,18H2,1H3. The Kier molecular flexibility index (Phi) is 4.72. The van der Waals surface area contributed by atoms with Crippen LogP contribution in [-0.2, 0) is 5.41 Å². The van der Waals surface area contributed by atoms with Crippen molar-refractivity contribution in [3.63, 3.8) is 0 Å². The van der Waals surface area contributed by atoms with E-state index in [1.807, 2.05) is 0 Å². The molecule has 2 rings (SSSR count). The SMILES string of the molecule is CC(CNCCN)(c1ccccc1)c1ccccc1. The van der Waals surface area contributed by atoms with Crippen molar-refractivity contribution in [1.29, 1.82) is 0 Å². The van der Waals surface area contributed by atoms with Gasteiger partial charge in [-0.05, 0) is 11.1 Å². The normalized spacial score (nSPS) is 11.5. The molecule has 19 heavy (non-hydrogen) atoms. The van der Waals surface area contributed by atoms with Gasteiger partial charge in [-0.1, -0.05) is 67.6 Å². The minimum atomic E-state index is -0.0301. The lowest BCUT2D eigenvalue weighted by atomic mass is 9.76. The molecular weight excluding hydrogens is 232 g/mol. The molecule has 100 valence electrons. The van der Waals surface area contributed by atoms with E-state index in [-0.39, 0.29) is 5.41 Å². The molecule has 0 aromatic heterocycles. The first-order valence-corrected chi connectivity index (χ1v) is 6.79. The summed E-state index contributed by atoms with van der Waals surface area (Å²) in [6.45, 7) is 4.67. The molecule has 0 radical (unpaired) electrons. The van der Waals surface area contributed by atoms with Crippen LogP contribution >= 0.6 is 0 Å². The highest BCUT2D eigenvalue weighted by molar-refractivity contribution is 5.38. The van der Waals surface area contributed by atoms with Gasteiger partial charge >= 0.3 is 0 Å². The maximum atomic E-state index is 5.57. The lowest BCUT2D eigenvalue weighted by molar-refractivity contribution is 0.506. The Morgan fingerprint density at radius 2 is 1.37 bits per heavy atom. The summed E-state index contributed by atoms with van der Waals surface area (Å²) in [4.78, 5) is 0. The Hall–Kier alpha value is -1.64. The topological polar surface area (TPSA) is 38.0 Å². The fourth-order valence-electron chi connectivity index (χ4n) is 2.42. The summed E-state index contributed by atoms with van der Waals surface area (Å²) in [6.07, 6.45) is 0. The molecule has 0 unspecified atom stereocenters. The van der Waals surface area contributed by atoms with Crippen molar-refractivity contribution >= 4 is 0 Å². The van der Waals surface area contributed by atoms with Crippen LogP contribution in [0.15, 0.2) is 60.7 Å². The van der Waals surface area contributed by atoms with Gasteiger partial charge in [0.15, 0.2) is 0 Å². The van der Waals surface area contributed by atoms with Crippen molar-refractivity contribution in [2.75, 3.05) is 19.6 Å². The van der Waals surface area contributed by atoms with Crippen LogP contribution in [-0.4, -0.2) is 19.6 Å². The van der Waals surface area contributed by atoms with Gasteiger partial charge in [0.2, 0.25) is 0 Å². The Bertz CT molecular complexity index is 440. The Morgan fingerprint density at radius 1 is 0.895 bits per heavy atom. The molecule has 2 heteroatoms. The third kappa shape index (κ3) is 3.22. The maximum Gasteiger partial charge on any atom is 0.0299 e. The monoisotopic (exact) mass is 254 g/mol. The predicted octanol–water partition coefficient (Wildman–Crippen LogP) is 2.54. The van der Waals surface area contributed by atoms with Gasteiger partial charge in [0.1, 0.15) is 0 Å². The molecule has 0 aliphatic rings. The van der Waals surface area contributed by atoms with Crippen molar-refractivity contribution < 1.29 is 0 Å². The van der Waals surface area contributed by atoms with Crippen molar-refractivity contribution in [2.45, 2.75) is 12.3 Å². The fraction of sp³-hybridized carbons (Fsp3) is 0.294. The molecule has 0 bridgehead atoms. The quantitative estimate of drug-likeness (QED) is 0.777. The lowest BCUT2D eigenvalue weighted by Gasteiger charge is -2.31. The number of hydrogen-bond acceptors (Lipinski definition) is 2. The van der Waals surface area contributed by atoms with Crippen LogP contribution in [0.1, 0.15) is 18.1 Å². The van der Waals surface area contributed by atoms with E-state index >= 15 is 0 Å². The highest BCUT2D eigenvalue weighted by Gasteiger charge is 2.27. The van der Waals surface area contributed by atoms with Gasteiger partial charge < -0.3 is 11.1 Å². The van der Waals surface area contributed by atoms with Gasteiger partial charge in [0.05, 0.1) is 0 Å². The molecule has 0 amide bonds. The van der Waals surface area contributed by atoms with Crippen LogP contribution in [0.5, 0.6) is 0 Å². The zero-order valence-electron chi connectivity index (χ0n) is 11.5. The van der Waals surface area contributed by atoms with E-state index in [1.165, 1.54) is 11.1 Å². The first kappa shape index (κ1) is 13.8. The molecule has 2 aromatic rings. The molecule has 0 fully saturated rings. The molecule has 0 atom stereocenters. The Balaban J connectivity index is 2.33. The number of nitrogens with one attached hydrogen (secondary N) is 1. The summed E-state index contributed by atoms with van der Waals surface area (Å²) in [6, 6.07) is 21.3. The Labute approximate surface area is 115 Å². The third-order valence-corrected chi connectivity index (χ3v) is 3.62. The first-order chi connectivity index (χ1) is 9.27. The van der Waals surface area contributed by atoms with Gasteiger partial charge in [0.25, 0.3) is 0 Å². The van der Waals surface area contributed by atoms with Crippen molar-refractivity contribution in [2.24, 2.45) is 5.73 Å². The molecule has 2 aromatic carbocycles. The minimum Gasteiger partial charge on any atom is -0.329 e. The largest absolute Gasteiger partial charge is 0.329 e. The Morgan fingerprint density at radius 3 is 1.79 bits per heavy atom. The number of rotatable bonds is 6. The van der Waals surface area contributed by atoms with Crippen LogP contribution in [0.3, 0.4) is 0 Å². The average Bonchev–Trinajstić information content (AvgIpc) is 2.49. The fourth-order valence-corrected chi connectivity index (χ4v) is 2.42. The van der Waals surface area contributed by atoms with Gasteiger partial charge in [-0.2, -0.15) is 0 Å². The summed E-state index contributed by atoms with van der Waals surface area (Å²) in [7, 11) is 0. The summed E-state index contributed by atoms with van der Waals surface area (Å²) in [5.74, 6) is 0. The minimum absolute atomic E-state index is 0.0301.